The lowest BCUT2D eigenvalue weighted by atomic mass is 10.1. The molecule has 0 spiro atoms. The Balaban J connectivity index is 4.28. The summed E-state index contributed by atoms with van der Waals surface area (Å²) in [5, 5.41) is 0. The van der Waals surface area contributed by atoms with Crippen molar-refractivity contribution in [3.63, 3.8) is 0 Å². The van der Waals surface area contributed by atoms with E-state index in [0.717, 1.165) is 6.20 Å². The van der Waals surface area contributed by atoms with E-state index in [0.29, 0.717) is 5.57 Å². The van der Waals surface area contributed by atoms with Crippen LogP contribution in [0, 0.1) is 5.92 Å². The normalized spacial score (nSPS) is 13.4. The zero-order valence-corrected chi connectivity index (χ0v) is 8.90. The summed E-state index contributed by atoms with van der Waals surface area (Å²) >= 11 is 0. The molecule has 0 bridgehead atoms. The predicted octanol–water partition coefficient (Wildman–Crippen LogP) is 1.81. The number of isocyanates is 1. The smallest absolute Gasteiger partial charge is 0.335 e. The van der Waals surface area contributed by atoms with Crippen molar-refractivity contribution in [1.82, 2.24) is 0 Å². The van der Waals surface area contributed by atoms with Gasteiger partial charge in [0.05, 0.1) is 11.8 Å². The number of hydrogen-bond acceptors (Lipinski definition) is 4. The number of hydrogen-bond donors (Lipinski definition) is 0. The monoisotopic (exact) mass is 197 g/mol. The molecule has 0 heterocycles. The van der Waals surface area contributed by atoms with Crippen molar-refractivity contribution in [1.29, 1.82) is 0 Å². The van der Waals surface area contributed by atoms with Crippen molar-refractivity contribution in [2.45, 2.75) is 33.8 Å². The van der Waals surface area contributed by atoms with Crippen LogP contribution in [0.25, 0.3) is 0 Å². The van der Waals surface area contributed by atoms with Gasteiger partial charge in [0, 0.05) is 0 Å². The Labute approximate surface area is 83.7 Å². The van der Waals surface area contributed by atoms with Gasteiger partial charge < -0.3 is 4.74 Å². The van der Waals surface area contributed by atoms with Crippen molar-refractivity contribution >= 4 is 12.0 Å². The molecule has 0 rings (SSSR count). The molecule has 0 aromatic heterocycles. The van der Waals surface area contributed by atoms with Gasteiger partial charge in [-0.2, -0.15) is 4.99 Å². The molecule has 0 N–H and O–H groups in total. The van der Waals surface area contributed by atoms with Gasteiger partial charge in [0.1, 0.15) is 6.10 Å². The molecule has 78 valence electrons. The third-order valence-corrected chi connectivity index (χ3v) is 1.86. The summed E-state index contributed by atoms with van der Waals surface area (Å²) in [5.41, 5.74) is 0.292. The van der Waals surface area contributed by atoms with Crippen molar-refractivity contribution < 1.29 is 14.3 Å². The SMILES string of the molecule is CC(=CN=C=O)C(=O)OC(C)C(C)C. The fourth-order valence-corrected chi connectivity index (χ4v) is 0.574. The second kappa shape index (κ2) is 6.11. The quantitative estimate of drug-likeness (QED) is 0.299. The zero-order valence-electron chi connectivity index (χ0n) is 8.90. The van der Waals surface area contributed by atoms with Crippen LogP contribution in [0.1, 0.15) is 27.7 Å². The lowest BCUT2D eigenvalue weighted by Crippen LogP contribution is -2.20. The molecule has 0 fully saturated rings. The second-order valence-corrected chi connectivity index (χ2v) is 3.39. The molecule has 14 heavy (non-hydrogen) atoms. The Hall–Kier alpha value is -1.41. The minimum absolute atomic E-state index is 0.147. The van der Waals surface area contributed by atoms with Gasteiger partial charge in [-0.1, -0.05) is 13.8 Å². The molecule has 0 aliphatic rings. The first-order valence-electron chi connectivity index (χ1n) is 4.43. The molecule has 0 saturated carbocycles. The largest absolute Gasteiger partial charge is 0.459 e. The molecule has 4 heteroatoms. The van der Waals surface area contributed by atoms with Gasteiger partial charge in [-0.15, -0.1) is 0 Å². The van der Waals surface area contributed by atoms with E-state index in [-0.39, 0.29) is 12.0 Å². The maximum atomic E-state index is 11.3. The first-order valence-corrected chi connectivity index (χ1v) is 4.43. The fraction of sp³-hybridized carbons (Fsp3) is 0.600. The molecule has 0 aliphatic carbocycles. The van der Waals surface area contributed by atoms with Crippen molar-refractivity contribution in [2.24, 2.45) is 10.9 Å². The van der Waals surface area contributed by atoms with Gasteiger partial charge in [0.15, 0.2) is 0 Å². The van der Waals surface area contributed by atoms with Crippen molar-refractivity contribution in [3.8, 4) is 0 Å². The number of carbonyl (C=O) groups excluding carboxylic acids is 2. The summed E-state index contributed by atoms with van der Waals surface area (Å²) in [4.78, 5) is 24.2. The van der Waals surface area contributed by atoms with E-state index >= 15 is 0 Å². The maximum absolute atomic E-state index is 11.3. The second-order valence-electron chi connectivity index (χ2n) is 3.39. The van der Waals surface area contributed by atoms with Crippen LogP contribution < -0.4 is 0 Å². The van der Waals surface area contributed by atoms with E-state index in [1.165, 1.54) is 13.0 Å². The maximum Gasteiger partial charge on any atom is 0.335 e. The van der Waals surface area contributed by atoms with Gasteiger partial charge in [-0.25, -0.2) is 9.59 Å². The minimum Gasteiger partial charge on any atom is -0.459 e. The molecule has 1 unspecified atom stereocenters. The van der Waals surface area contributed by atoms with Crippen LogP contribution >= 0.6 is 0 Å². The van der Waals surface area contributed by atoms with Gasteiger partial charge >= 0.3 is 5.97 Å². The Morgan fingerprint density at radius 1 is 1.43 bits per heavy atom. The molecule has 1 atom stereocenters. The Morgan fingerprint density at radius 2 is 2.00 bits per heavy atom. The lowest BCUT2D eigenvalue weighted by Gasteiger charge is -2.16. The summed E-state index contributed by atoms with van der Waals surface area (Å²) in [6.07, 6.45) is 2.31. The number of nitrogens with zero attached hydrogens (tertiary/aromatic N) is 1. The molecule has 0 aromatic carbocycles. The summed E-state index contributed by atoms with van der Waals surface area (Å²) in [6, 6.07) is 0. The van der Waals surface area contributed by atoms with E-state index in [4.69, 9.17) is 4.74 Å². The van der Waals surface area contributed by atoms with Gasteiger partial charge in [-0.3, -0.25) is 0 Å². The molecule has 0 amide bonds. The zero-order chi connectivity index (χ0) is 11.1. The molecule has 0 saturated heterocycles. The van der Waals surface area contributed by atoms with E-state index in [9.17, 15) is 9.59 Å². The van der Waals surface area contributed by atoms with E-state index < -0.39 is 5.97 Å². The summed E-state index contributed by atoms with van der Waals surface area (Å²) in [7, 11) is 0. The fourth-order valence-electron chi connectivity index (χ4n) is 0.574. The summed E-state index contributed by atoms with van der Waals surface area (Å²) in [6.45, 7) is 7.27. The Morgan fingerprint density at radius 3 is 2.43 bits per heavy atom. The van der Waals surface area contributed by atoms with Gasteiger partial charge in [0.2, 0.25) is 6.08 Å². The van der Waals surface area contributed by atoms with Crippen LogP contribution in [0.4, 0.5) is 0 Å². The molecule has 0 aromatic rings. The minimum atomic E-state index is -0.454. The van der Waals surface area contributed by atoms with E-state index in [2.05, 4.69) is 4.99 Å². The van der Waals surface area contributed by atoms with Crippen LogP contribution in [0.3, 0.4) is 0 Å². The van der Waals surface area contributed by atoms with Gasteiger partial charge in [-0.05, 0) is 19.8 Å². The highest BCUT2D eigenvalue weighted by Crippen LogP contribution is 2.08. The average Bonchev–Trinajstić information content (AvgIpc) is 2.13. The first-order chi connectivity index (χ1) is 6.49. The standard InChI is InChI=1S/C10H15NO3/c1-7(2)9(4)14-10(13)8(3)5-11-6-12/h5,7,9H,1-4H3. The molecule has 0 radical (unpaired) electrons. The van der Waals surface area contributed by atoms with Gasteiger partial charge in [0.25, 0.3) is 0 Å². The number of carbonyl (C=O) groups is 1. The van der Waals surface area contributed by atoms with Crippen LogP contribution in [-0.2, 0) is 14.3 Å². The van der Waals surface area contributed by atoms with Crippen LogP contribution in [0.5, 0.6) is 0 Å². The summed E-state index contributed by atoms with van der Waals surface area (Å²) < 4.78 is 5.07. The van der Waals surface area contributed by atoms with E-state index in [1.807, 2.05) is 20.8 Å². The highest BCUT2D eigenvalue weighted by molar-refractivity contribution is 5.87. The average molecular weight is 197 g/mol. The van der Waals surface area contributed by atoms with Crippen LogP contribution in [0.15, 0.2) is 16.8 Å². The third kappa shape index (κ3) is 4.58. The molecule has 4 nitrogen and oxygen atoms in total. The topological polar surface area (TPSA) is 55.7 Å². The number of ether oxygens (including phenoxy) is 1. The number of rotatable bonds is 4. The predicted molar refractivity (Wildman–Crippen MR) is 52.3 cm³/mol. The Bertz CT molecular complexity index is 275. The van der Waals surface area contributed by atoms with Crippen molar-refractivity contribution in [2.75, 3.05) is 0 Å². The third-order valence-electron chi connectivity index (χ3n) is 1.86. The highest BCUT2D eigenvalue weighted by atomic mass is 16.5. The molecular formula is C10H15NO3. The molecular weight excluding hydrogens is 182 g/mol. The number of esters is 1. The Kier molecular flexibility index (Phi) is 5.49. The van der Waals surface area contributed by atoms with Crippen LogP contribution in [0.2, 0.25) is 0 Å². The first kappa shape index (κ1) is 12.6. The number of aliphatic imine (C=N–C) groups is 1. The highest BCUT2D eigenvalue weighted by Gasteiger charge is 2.13. The van der Waals surface area contributed by atoms with Crippen LogP contribution in [-0.4, -0.2) is 18.2 Å². The van der Waals surface area contributed by atoms with Crippen molar-refractivity contribution in [3.05, 3.63) is 11.8 Å². The molecule has 0 aliphatic heterocycles. The lowest BCUT2D eigenvalue weighted by molar-refractivity contribution is -0.145. The van der Waals surface area contributed by atoms with E-state index in [1.54, 1.807) is 0 Å². The summed E-state index contributed by atoms with van der Waals surface area (Å²) in [5.74, 6) is -0.188.